The Kier molecular flexibility index (Phi) is 16.1. The van der Waals surface area contributed by atoms with E-state index in [2.05, 4.69) is 97.7 Å². The third-order valence-corrected chi connectivity index (χ3v) is 9.59. The Labute approximate surface area is 337 Å². The molecule has 12 N–H and O–H groups in total. The highest BCUT2D eigenvalue weighted by atomic mass is 35.5. The van der Waals surface area contributed by atoms with Gasteiger partial charge < -0.3 is 16.4 Å². The van der Waals surface area contributed by atoms with Crippen molar-refractivity contribution < 1.29 is 11.0 Å². The van der Waals surface area contributed by atoms with Crippen molar-refractivity contribution in [3.63, 3.8) is 0 Å². The van der Waals surface area contributed by atoms with E-state index in [9.17, 15) is 0 Å². The average molecular weight is 806 g/mol. The molecule has 0 spiro atoms. The third kappa shape index (κ3) is 9.98. The molecule has 0 unspecified atom stereocenters. The van der Waals surface area contributed by atoms with Crippen molar-refractivity contribution in [2.24, 2.45) is 17.5 Å². The lowest BCUT2D eigenvalue weighted by molar-refractivity contribution is 0.803. The first-order valence-electron chi connectivity index (χ1n) is 16.5. The number of nitrogen functional groups attached to an aromatic ring is 1. The van der Waals surface area contributed by atoms with Gasteiger partial charge in [-0.3, -0.25) is 21.7 Å². The molecular weight excluding hydrogens is 766 g/mol. The van der Waals surface area contributed by atoms with E-state index in [4.69, 9.17) is 27.4 Å². The first kappa shape index (κ1) is 43.1. The van der Waals surface area contributed by atoms with Crippen LogP contribution in [0, 0.1) is 0 Å². The maximum Gasteiger partial charge on any atom is 0.189 e. The van der Waals surface area contributed by atoms with Crippen molar-refractivity contribution in [2.75, 3.05) is 17.9 Å². The number of nitrogens with two attached hydrogens (primary N) is 3. The molecule has 286 valence electrons. The zero-order chi connectivity index (χ0) is 37.9. The number of rotatable bonds is 7. The minimum atomic E-state index is 0. The number of hydrazine groups is 3. The van der Waals surface area contributed by atoms with E-state index in [-0.39, 0.29) is 11.0 Å². The lowest BCUT2D eigenvalue weighted by Gasteiger charge is -2.15. The van der Waals surface area contributed by atoms with Gasteiger partial charge in [-0.2, -0.15) is 5.53 Å². The third-order valence-electron chi connectivity index (χ3n) is 8.22. The number of pyridine rings is 2. The zero-order valence-corrected chi connectivity index (χ0v) is 32.7. The fourth-order valence-electron chi connectivity index (χ4n) is 5.80. The first-order valence-corrected chi connectivity index (χ1v) is 19.3. The quantitative estimate of drug-likeness (QED) is 0.0367. The van der Waals surface area contributed by atoms with Crippen LogP contribution in [0.3, 0.4) is 0 Å². The van der Waals surface area contributed by atoms with Crippen molar-refractivity contribution >= 4 is 62.5 Å². The van der Waals surface area contributed by atoms with Crippen LogP contribution in [0.1, 0.15) is 0 Å². The van der Waals surface area contributed by atoms with Gasteiger partial charge in [0, 0.05) is 41.5 Å². The number of thioether (sulfide) groups is 2. The van der Waals surface area contributed by atoms with Crippen LogP contribution in [0.15, 0.2) is 144 Å². The number of benzene rings is 4. The zero-order valence-electron chi connectivity index (χ0n) is 30.3. The summed E-state index contributed by atoms with van der Waals surface area (Å²) in [6, 6.07) is 36.9. The minimum Gasteiger partial charge on any atom is -0.412 e. The van der Waals surface area contributed by atoms with Crippen LogP contribution in [0.5, 0.6) is 0 Å². The Balaban J connectivity index is 0.000000225. The highest BCUT2D eigenvalue weighted by molar-refractivity contribution is 7.98. The number of hydrogen-bond acceptors (Lipinski definition) is 13. The molecule has 0 fully saturated rings. The Morgan fingerprint density at radius 3 is 1.36 bits per heavy atom. The Bertz CT molecular complexity index is 2500. The summed E-state index contributed by atoms with van der Waals surface area (Å²) >= 11 is 9.53. The normalized spacial score (nSPS) is 10.2. The molecule has 4 aromatic heterocycles. The van der Waals surface area contributed by atoms with E-state index in [1.807, 2.05) is 61.0 Å². The van der Waals surface area contributed by atoms with Crippen molar-refractivity contribution in [3.8, 4) is 44.8 Å². The Morgan fingerprint density at radius 2 is 0.911 bits per heavy atom. The van der Waals surface area contributed by atoms with Gasteiger partial charge in [0.2, 0.25) is 0 Å². The number of fused-ring (bicyclic) bond motifs is 2. The van der Waals surface area contributed by atoms with Gasteiger partial charge in [0.15, 0.2) is 16.1 Å². The van der Waals surface area contributed by atoms with Crippen LogP contribution in [0.4, 0.5) is 5.82 Å². The Morgan fingerprint density at radius 1 is 0.500 bits per heavy atom. The summed E-state index contributed by atoms with van der Waals surface area (Å²) in [5, 5.41) is 6.46. The number of aromatic nitrogens is 6. The monoisotopic (exact) mass is 805 g/mol. The number of anilines is 1. The molecule has 0 saturated carbocycles. The van der Waals surface area contributed by atoms with Crippen molar-refractivity contribution in [3.05, 3.63) is 139 Å². The van der Waals surface area contributed by atoms with Gasteiger partial charge in [0.25, 0.3) is 0 Å². The molecule has 0 atom stereocenters. The number of nitrogens with zero attached hydrogens (tertiary/aromatic N) is 6. The molecule has 16 heteroatoms. The van der Waals surface area contributed by atoms with Crippen molar-refractivity contribution in [1.82, 2.24) is 35.4 Å². The molecule has 0 saturated heterocycles. The van der Waals surface area contributed by atoms with Crippen LogP contribution >= 0.6 is 35.1 Å². The largest absolute Gasteiger partial charge is 0.412 e. The second-order valence-electron chi connectivity index (χ2n) is 11.4. The SMILES string of the molecule is CSc1nc(Cl)c(-c2ccc3ccccc3c2)c(-c2ccncc2)n1.CSc1nc(NN)c(-c2ccc3ccccc3c2)c(-c2ccncc2)n1.NNN.O.O. The molecule has 4 heterocycles. The molecule has 8 aromatic rings. The highest BCUT2D eigenvalue weighted by Crippen LogP contribution is 2.39. The predicted molar refractivity (Wildman–Crippen MR) is 232 cm³/mol. The fourth-order valence-corrected chi connectivity index (χ4v) is 6.86. The average Bonchev–Trinajstić information content (AvgIpc) is 3.23. The van der Waals surface area contributed by atoms with Crippen LogP contribution in [-0.4, -0.2) is 53.4 Å². The number of hydrogen-bond donors (Lipinski definition) is 5. The minimum absolute atomic E-state index is 0. The summed E-state index contributed by atoms with van der Waals surface area (Å²) in [6.07, 6.45) is 10.9. The maximum absolute atomic E-state index is 6.57. The van der Waals surface area contributed by atoms with Crippen molar-refractivity contribution in [1.29, 1.82) is 0 Å². The fraction of sp³-hybridized carbons (Fsp3) is 0.0500. The van der Waals surface area contributed by atoms with Gasteiger partial charge in [-0.1, -0.05) is 108 Å². The standard InChI is InChI=1S/C20H14ClN3S.C20H17N5S.H5N3.2H2O/c1-25-20-23-18(14-8-10-22-11-9-14)17(19(21)24-20)16-7-6-13-4-2-3-5-15(13)12-16;1-26-20-23-18(14-8-10-22-11-9-14)17(19(24-20)25-21)16-7-6-13-4-2-3-5-15(13)12-16;1-3-2;;/h2-12H,1H3;2-12H,21H2,1H3,(H,23,24,25);3H,1-2H2;2*1H2. The maximum atomic E-state index is 6.57. The molecule has 13 nitrogen and oxygen atoms in total. The molecule has 0 aliphatic carbocycles. The van der Waals surface area contributed by atoms with Gasteiger partial charge in [0.05, 0.1) is 17.0 Å². The second-order valence-corrected chi connectivity index (χ2v) is 13.3. The van der Waals surface area contributed by atoms with Gasteiger partial charge in [-0.25, -0.2) is 25.8 Å². The number of nitrogens with one attached hydrogen (secondary N) is 2. The summed E-state index contributed by atoms with van der Waals surface area (Å²) < 4.78 is 0. The summed E-state index contributed by atoms with van der Waals surface area (Å²) in [4.78, 5) is 26.7. The highest BCUT2D eigenvalue weighted by Gasteiger charge is 2.19. The van der Waals surface area contributed by atoms with E-state index in [1.165, 1.54) is 34.3 Å². The predicted octanol–water partition coefficient (Wildman–Crippen LogP) is 6.77. The summed E-state index contributed by atoms with van der Waals surface area (Å²) in [5.41, 5.74) is 11.8. The molecule has 0 amide bonds. The number of halogens is 1. The summed E-state index contributed by atoms with van der Waals surface area (Å²) in [7, 11) is 0. The lowest BCUT2D eigenvalue weighted by atomic mass is 9.97. The van der Waals surface area contributed by atoms with E-state index >= 15 is 0 Å². The summed E-state index contributed by atoms with van der Waals surface area (Å²) in [6.45, 7) is 0. The van der Waals surface area contributed by atoms with E-state index < -0.39 is 0 Å². The van der Waals surface area contributed by atoms with Crippen LogP contribution < -0.4 is 28.5 Å². The van der Waals surface area contributed by atoms with E-state index in [0.717, 1.165) is 55.5 Å². The van der Waals surface area contributed by atoms with Crippen molar-refractivity contribution in [2.45, 2.75) is 10.3 Å². The lowest BCUT2D eigenvalue weighted by Crippen LogP contribution is -2.29. The molecule has 0 aliphatic rings. The molecule has 4 aromatic carbocycles. The van der Waals surface area contributed by atoms with Crippen LogP contribution in [-0.2, 0) is 0 Å². The van der Waals surface area contributed by atoms with E-state index in [0.29, 0.717) is 21.3 Å². The molecule has 56 heavy (non-hydrogen) atoms. The van der Waals surface area contributed by atoms with Crippen LogP contribution in [0.2, 0.25) is 5.15 Å². The smallest absolute Gasteiger partial charge is 0.189 e. The van der Waals surface area contributed by atoms with Crippen LogP contribution in [0.25, 0.3) is 66.3 Å². The van der Waals surface area contributed by atoms with E-state index in [1.54, 1.807) is 30.3 Å². The molecule has 8 rings (SSSR count). The molecule has 0 radical (unpaired) electrons. The van der Waals surface area contributed by atoms with Gasteiger partial charge in [-0.05, 0) is 81.6 Å². The van der Waals surface area contributed by atoms with Gasteiger partial charge in [0.1, 0.15) is 5.15 Å². The first-order chi connectivity index (χ1) is 26.5. The van der Waals surface area contributed by atoms with Gasteiger partial charge in [-0.15, -0.1) is 0 Å². The molecule has 0 aliphatic heterocycles. The Hall–Kier alpha value is -5.59. The van der Waals surface area contributed by atoms with Gasteiger partial charge >= 0.3 is 0 Å². The molecular formula is C40H40ClN11O2S2. The summed E-state index contributed by atoms with van der Waals surface area (Å²) in [5.74, 6) is 15.2. The molecule has 0 bridgehead atoms. The topological polar surface area (TPSA) is 242 Å². The second kappa shape index (κ2) is 20.9.